The average molecular weight is 425 g/mol. The highest BCUT2D eigenvalue weighted by atomic mass is 16.5. The van der Waals surface area contributed by atoms with Gasteiger partial charge in [-0.25, -0.2) is 0 Å². The second-order valence-corrected chi connectivity index (χ2v) is 7.21. The second-order valence-electron chi connectivity index (χ2n) is 7.21. The van der Waals surface area contributed by atoms with Gasteiger partial charge >= 0.3 is 0 Å². The summed E-state index contributed by atoms with van der Waals surface area (Å²) >= 11 is 0. The minimum atomic E-state index is -0.370. The van der Waals surface area contributed by atoms with Gasteiger partial charge in [-0.2, -0.15) is 0 Å². The maximum Gasteiger partial charge on any atom is 0.252 e. The lowest BCUT2D eigenvalue weighted by molar-refractivity contribution is 0.0942. The highest BCUT2D eigenvalue weighted by molar-refractivity contribution is 5.95. The molecule has 0 saturated heterocycles. The standard InChI is InChI=1S/C27H24N2O3/c1-31-25-18-22(15-16-24(25)32-19-20-10-4-2-5-11-20)27(30)29-26(21-12-6-3-7-13-21)23-14-8-9-17-28-23/h2-18,26H,19H2,1H3,(H,29,30)/t26-/m1/s1. The number of amides is 1. The number of pyridine rings is 1. The smallest absolute Gasteiger partial charge is 0.252 e. The van der Waals surface area contributed by atoms with Crippen molar-refractivity contribution in [3.8, 4) is 11.5 Å². The van der Waals surface area contributed by atoms with Gasteiger partial charge in [-0.3, -0.25) is 9.78 Å². The number of carbonyl (C=O) groups excluding carboxylic acids is 1. The van der Waals surface area contributed by atoms with Gasteiger partial charge in [0.25, 0.3) is 5.91 Å². The molecule has 4 rings (SSSR count). The minimum Gasteiger partial charge on any atom is -0.493 e. The SMILES string of the molecule is COc1cc(C(=O)N[C@H](c2ccccc2)c2ccccn2)ccc1OCc1ccccc1. The first kappa shape index (κ1) is 21.1. The van der Waals surface area contributed by atoms with Crippen LogP contribution < -0.4 is 14.8 Å². The zero-order valence-electron chi connectivity index (χ0n) is 17.8. The molecule has 1 heterocycles. The first-order valence-corrected chi connectivity index (χ1v) is 10.4. The van der Waals surface area contributed by atoms with Crippen LogP contribution in [0.25, 0.3) is 0 Å². The quantitative estimate of drug-likeness (QED) is 0.423. The Labute approximate surface area is 187 Å². The molecule has 0 saturated carbocycles. The highest BCUT2D eigenvalue weighted by Crippen LogP contribution is 2.29. The van der Waals surface area contributed by atoms with Crippen molar-refractivity contribution in [3.63, 3.8) is 0 Å². The molecule has 0 radical (unpaired) electrons. The fourth-order valence-corrected chi connectivity index (χ4v) is 3.40. The summed E-state index contributed by atoms with van der Waals surface area (Å²) in [6, 6.07) is 30.1. The predicted octanol–water partition coefficient (Wildman–Crippen LogP) is 5.19. The van der Waals surface area contributed by atoms with E-state index in [1.165, 1.54) is 0 Å². The third-order valence-electron chi connectivity index (χ3n) is 5.05. The molecule has 1 N–H and O–H groups in total. The Bertz CT molecular complexity index is 1110. The van der Waals surface area contributed by atoms with Crippen LogP contribution in [0, 0.1) is 0 Å². The average Bonchev–Trinajstić information content (AvgIpc) is 2.87. The van der Waals surface area contributed by atoms with Crippen molar-refractivity contribution < 1.29 is 14.3 Å². The molecule has 32 heavy (non-hydrogen) atoms. The molecule has 1 atom stereocenters. The van der Waals surface area contributed by atoms with Crippen molar-refractivity contribution in [2.24, 2.45) is 0 Å². The van der Waals surface area contributed by atoms with Crippen LogP contribution in [-0.2, 0) is 6.61 Å². The van der Waals surface area contributed by atoms with Crippen LogP contribution >= 0.6 is 0 Å². The molecule has 4 aromatic rings. The van der Waals surface area contributed by atoms with Crippen LogP contribution in [0.4, 0.5) is 0 Å². The first-order chi connectivity index (χ1) is 15.7. The fraction of sp³-hybridized carbons (Fsp3) is 0.111. The van der Waals surface area contributed by atoms with E-state index in [4.69, 9.17) is 9.47 Å². The number of rotatable bonds is 8. The summed E-state index contributed by atoms with van der Waals surface area (Å²) in [5.74, 6) is 0.859. The Morgan fingerprint density at radius 2 is 1.59 bits per heavy atom. The molecule has 1 amide bonds. The van der Waals surface area contributed by atoms with E-state index in [2.05, 4.69) is 10.3 Å². The van der Waals surface area contributed by atoms with E-state index in [0.717, 1.165) is 16.8 Å². The van der Waals surface area contributed by atoms with Crippen LogP contribution in [0.15, 0.2) is 103 Å². The summed E-state index contributed by atoms with van der Waals surface area (Å²) in [5, 5.41) is 3.10. The number of nitrogens with zero attached hydrogens (tertiary/aromatic N) is 1. The highest BCUT2D eigenvalue weighted by Gasteiger charge is 2.20. The summed E-state index contributed by atoms with van der Waals surface area (Å²) in [4.78, 5) is 17.6. The van der Waals surface area contributed by atoms with Gasteiger partial charge in [0.15, 0.2) is 11.5 Å². The molecule has 0 fully saturated rings. The van der Waals surface area contributed by atoms with Gasteiger partial charge in [-0.1, -0.05) is 66.7 Å². The zero-order valence-corrected chi connectivity index (χ0v) is 17.8. The molecule has 0 unspecified atom stereocenters. The number of methoxy groups -OCH3 is 1. The van der Waals surface area contributed by atoms with Gasteiger partial charge in [-0.05, 0) is 41.5 Å². The molecule has 0 bridgehead atoms. The number of benzene rings is 3. The monoisotopic (exact) mass is 424 g/mol. The lowest BCUT2D eigenvalue weighted by atomic mass is 10.0. The van der Waals surface area contributed by atoms with E-state index in [0.29, 0.717) is 23.7 Å². The summed E-state index contributed by atoms with van der Waals surface area (Å²) in [7, 11) is 1.56. The minimum absolute atomic E-state index is 0.225. The molecular formula is C27H24N2O3. The normalized spacial score (nSPS) is 11.4. The van der Waals surface area contributed by atoms with Crippen LogP contribution in [-0.4, -0.2) is 18.0 Å². The van der Waals surface area contributed by atoms with E-state index in [-0.39, 0.29) is 11.9 Å². The van der Waals surface area contributed by atoms with Gasteiger partial charge in [0, 0.05) is 11.8 Å². The molecule has 0 aliphatic carbocycles. The topological polar surface area (TPSA) is 60.5 Å². The van der Waals surface area contributed by atoms with Crippen molar-refractivity contribution in [1.82, 2.24) is 10.3 Å². The number of hydrogen-bond acceptors (Lipinski definition) is 4. The Balaban J connectivity index is 1.53. The molecule has 0 spiro atoms. The molecule has 0 aliphatic rings. The van der Waals surface area contributed by atoms with Crippen LogP contribution in [0.3, 0.4) is 0 Å². The molecule has 160 valence electrons. The maximum atomic E-state index is 13.1. The summed E-state index contributed by atoms with van der Waals surface area (Å²) in [6.45, 7) is 0.415. The van der Waals surface area contributed by atoms with Crippen molar-refractivity contribution in [2.75, 3.05) is 7.11 Å². The maximum absolute atomic E-state index is 13.1. The molecule has 1 aromatic heterocycles. The van der Waals surface area contributed by atoms with Crippen LogP contribution in [0.2, 0.25) is 0 Å². The number of carbonyl (C=O) groups is 1. The molecule has 5 heteroatoms. The van der Waals surface area contributed by atoms with E-state index in [9.17, 15) is 4.79 Å². The van der Waals surface area contributed by atoms with Gasteiger partial charge in [0.05, 0.1) is 18.8 Å². The van der Waals surface area contributed by atoms with Gasteiger partial charge in [0.1, 0.15) is 6.61 Å². The number of aromatic nitrogens is 1. The Hall–Kier alpha value is -4.12. The number of ether oxygens (including phenoxy) is 2. The lowest BCUT2D eigenvalue weighted by Crippen LogP contribution is -2.29. The predicted molar refractivity (Wildman–Crippen MR) is 124 cm³/mol. The van der Waals surface area contributed by atoms with Crippen molar-refractivity contribution >= 4 is 5.91 Å². The van der Waals surface area contributed by atoms with Crippen LogP contribution in [0.5, 0.6) is 11.5 Å². The largest absolute Gasteiger partial charge is 0.493 e. The van der Waals surface area contributed by atoms with Crippen LogP contribution in [0.1, 0.15) is 33.2 Å². The molecule has 0 aliphatic heterocycles. The van der Waals surface area contributed by atoms with Crippen molar-refractivity contribution in [3.05, 3.63) is 126 Å². The Morgan fingerprint density at radius 1 is 0.875 bits per heavy atom. The van der Waals surface area contributed by atoms with E-state index < -0.39 is 0 Å². The van der Waals surface area contributed by atoms with Gasteiger partial charge in [-0.15, -0.1) is 0 Å². The summed E-state index contributed by atoms with van der Waals surface area (Å²) in [5.41, 5.74) is 3.25. The first-order valence-electron chi connectivity index (χ1n) is 10.4. The number of hydrogen-bond donors (Lipinski definition) is 1. The third kappa shape index (κ3) is 5.13. The number of nitrogens with one attached hydrogen (secondary N) is 1. The van der Waals surface area contributed by atoms with Gasteiger partial charge < -0.3 is 14.8 Å². The van der Waals surface area contributed by atoms with Gasteiger partial charge in [0.2, 0.25) is 0 Å². The Morgan fingerprint density at radius 3 is 2.28 bits per heavy atom. The zero-order chi connectivity index (χ0) is 22.2. The fourth-order valence-electron chi connectivity index (χ4n) is 3.40. The van der Waals surface area contributed by atoms with E-state index in [1.54, 1.807) is 31.5 Å². The molecule has 3 aromatic carbocycles. The lowest BCUT2D eigenvalue weighted by Gasteiger charge is -2.19. The van der Waals surface area contributed by atoms with Crippen molar-refractivity contribution in [1.29, 1.82) is 0 Å². The third-order valence-corrected chi connectivity index (χ3v) is 5.05. The summed E-state index contributed by atoms with van der Waals surface area (Å²) < 4.78 is 11.4. The Kier molecular flexibility index (Phi) is 6.78. The van der Waals surface area contributed by atoms with Crippen molar-refractivity contribution in [2.45, 2.75) is 12.6 Å². The molecule has 5 nitrogen and oxygen atoms in total. The van der Waals surface area contributed by atoms with E-state index in [1.807, 2.05) is 78.9 Å². The van der Waals surface area contributed by atoms with E-state index >= 15 is 0 Å². The summed E-state index contributed by atoms with van der Waals surface area (Å²) in [6.07, 6.45) is 1.72. The molecular weight excluding hydrogens is 400 g/mol. The second kappa shape index (κ2) is 10.3.